The molecule has 0 saturated heterocycles. The zero-order valence-electron chi connectivity index (χ0n) is 15.1. The standard InChI is InChI=1S/C21H27N3O/c1-15(2)16-8-10-18(11-9-16)23-19-12-13-22-20(14-19)21(25)24-17-6-4-3-5-7-17/h8-15,17H,3-7H2,1-2H3,(H,22,23)(H,24,25). The van der Waals surface area contributed by atoms with Gasteiger partial charge in [-0.2, -0.15) is 0 Å². The van der Waals surface area contributed by atoms with Crippen LogP contribution in [0.15, 0.2) is 42.6 Å². The predicted molar refractivity (Wildman–Crippen MR) is 102 cm³/mol. The number of carbonyl (C=O) groups is 1. The quantitative estimate of drug-likeness (QED) is 0.806. The first-order chi connectivity index (χ1) is 12.1. The molecule has 2 N–H and O–H groups in total. The molecule has 1 amide bonds. The van der Waals surface area contributed by atoms with Gasteiger partial charge in [0.05, 0.1) is 0 Å². The molecule has 1 fully saturated rings. The van der Waals surface area contributed by atoms with Gasteiger partial charge in [-0.05, 0) is 48.6 Å². The van der Waals surface area contributed by atoms with E-state index in [2.05, 4.69) is 53.7 Å². The first kappa shape index (κ1) is 17.5. The monoisotopic (exact) mass is 337 g/mol. The molecule has 0 atom stereocenters. The second-order valence-corrected chi connectivity index (χ2v) is 7.14. The molecule has 132 valence electrons. The van der Waals surface area contributed by atoms with Crippen LogP contribution in [0.3, 0.4) is 0 Å². The molecule has 0 unspecified atom stereocenters. The predicted octanol–water partition coefficient (Wildman–Crippen LogP) is 5.01. The first-order valence-corrected chi connectivity index (χ1v) is 9.26. The van der Waals surface area contributed by atoms with Gasteiger partial charge in [0.15, 0.2) is 0 Å². The van der Waals surface area contributed by atoms with Gasteiger partial charge in [0.1, 0.15) is 5.69 Å². The van der Waals surface area contributed by atoms with E-state index in [0.717, 1.165) is 24.2 Å². The van der Waals surface area contributed by atoms with Crippen LogP contribution in [0.1, 0.15) is 67.9 Å². The molecule has 2 aromatic rings. The van der Waals surface area contributed by atoms with Crippen LogP contribution in [0.4, 0.5) is 11.4 Å². The van der Waals surface area contributed by atoms with E-state index < -0.39 is 0 Å². The summed E-state index contributed by atoms with van der Waals surface area (Å²) < 4.78 is 0. The smallest absolute Gasteiger partial charge is 0.270 e. The molecule has 0 aliphatic heterocycles. The van der Waals surface area contributed by atoms with E-state index in [1.807, 2.05) is 12.1 Å². The minimum absolute atomic E-state index is 0.0781. The number of aromatic nitrogens is 1. The van der Waals surface area contributed by atoms with Crippen LogP contribution < -0.4 is 10.6 Å². The summed E-state index contributed by atoms with van der Waals surface area (Å²) in [5, 5.41) is 6.47. The van der Waals surface area contributed by atoms with E-state index in [0.29, 0.717) is 17.7 Å². The van der Waals surface area contributed by atoms with Crippen LogP contribution in [0, 0.1) is 0 Å². The number of hydrogen-bond acceptors (Lipinski definition) is 3. The lowest BCUT2D eigenvalue weighted by atomic mass is 9.95. The summed E-state index contributed by atoms with van der Waals surface area (Å²) in [5.41, 5.74) is 3.66. The molecule has 1 aromatic heterocycles. The van der Waals surface area contributed by atoms with Crippen LogP contribution >= 0.6 is 0 Å². The number of nitrogens with one attached hydrogen (secondary N) is 2. The molecule has 25 heavy (non-hydrogen) atoms. The van der Waals surface area contributed by atoms with Crippen molar-refractivity contribution in [1.29, 1.82) is 0 Å². The third-order valence-electron chi connectivity index (χ3n) is 4.80. The number of amides is 1. The van der Waals surface area contributed by atoms with E-state index >= 15 is 0 Å². The highest BCUT2D eigenvalue weighted by Crippen LogP contribution is 2.21. The van der Waals surface area contributed by atoms with Crippen LogP contribution in [-0.4, -0.2) is 16.9 Å². The minimum Gasteiger partial charge on any atom is -0.355 e. The normalized spacial score (nSPS) is 15.2. The van der Waals surface area contributed by atoms with Crippen molar-refractivity contribution in [2.24, 2.45) is 0 Å². The number of carbonyl (C=O) groups excluding carboxylic acids is 1. The maximum Gasteiger partial charge on any atom is 0.270 e. The Kier molecular flexibility index (Phi) is 5.69. The van der Waals surface area contributed by atoms with Gasteiger partial charge in [0.25, 0.3) is 5.91 Å². The zero-order chi connectivity index (χ0) is 17.6. The van der Waals surface area contributed by atoms with Crippen molar-refractivity contribution in [3.05, 3.63) is 53.9 Å². The van der Waals surface area contributed by atoms with Gasteiger partial charge in [0, 0.05) is 23.6 Å². The van der Waals surface area contributed by atoms with Gasteiger partial charge in [-0.25, -0.2) is 0 Å². The molecule has 1 heterocycles. The molecule has 0 bridgehead atoms. The van der Waals surface area contributed by atoms with Crippen molar-refractivity contribution in [2.45, 2.75) is 57.9 Å². The molecule has 1 saturated carbocycles. The number of hydrogen-bond donors (Lipinski definition) is 2. The molecule has 1 aliphatic rings. The maximum atomic E-state index is 12.4. The van der Waals surface area contributed by atoms with Crippen molar-refractivity contribution in [1.82, 2.24) is 10.3 Å². The second kappa shape index (κ2) is 8.15. The van der Waals surface area contributed by atoms with Gasteiger partial charge in [-0.3, -0.25) is 9.78 Å². The number of anilines is 2. The lowest BCUT2D eigenvalue weighted by Gasteiger charge is -2.22. The largest absolute Gasteiger partial charge is 0.355 e. The van der Waals surface area contributed by atoms with E-state index in [-0.39, 0.29) is 5.91 Å². The Bertz CT molecular complexity index is 703. The Balaban J connectivity index is 1.65. The first-order valence-electron chi connectivity index (χ1n) is 9.26. The van der Waals surface area contributed by atoms with Gasteiger partial charge >= 0.3 is 0 Å². The highest BCUT2D eigenvalue weighted by atomic mass is 16.1. The van der Waals surface area contributed by atoms with Crippen molar-refractivity contribution < 1.29 is 4.79 Å². The molecular weight excluding hydrogens is 310 g/mol. The average Bonchev–Trinajstić information content (AvgIpc) is 2.63. The molecule has 0 radical (unpaired) electrons. The van der Waals surface area contributed by atoms with Crippen molar-refractivity contribution in [2.75, 3.05) is 5.32 Å². The minimum atomic E-state index is -0.0781. The molecule has 4 heteroatoms. The van der Waals surface area contributed by atoms with Crippen molar-refractivity contribution in [3.8, 4) is 0 Å². The lowest BCUT2D eigenvalue weighted by Crippen LogP contribution is -2.36. The summed E-state index contributed by atoms with van der Waals surface area (Å²) in [6.07, 6.45) is 7.51. The SMILES string of the molecule is CC(C)c1ccc(Nc2ccnc(C(=O)NC3CCCCC3)c2)cc1. The molecule has 4 nitrogen and oxygen atoms in total. The fourth-order valence-electron chi connectivity index (χ4n) is 3.26. The third kappa shape index (κ3) is 4.81. The topological polar surface area (TPSA) is 54.0 Å². The van der Waals surface area contributed by atoms with Crippen LogP contribution in [0.5, 0.6) is 0 Å². The van der Waals surface area contributed by atoms with E-state index in [9.17, 15) is 4.79 Å². The van der Waals surface area contributed by atoms with Gasteiger partial charge < -0.3 is 10.6 Å². The van der Waals surface area contributed by atoms with E-state index in [1.54, 1.807) is 6.20 Å². The molecule has 3 rings (SSSR count). The fraction of sp³-hybridized carbons (Fsp3) is 0.429. The number of nitrogens with zero attached hydrogens (tertiary/aromatic N) is 1. The average molecular weight is 337 g/mol. The Morgan fingerprint density at radius 3 is 2.44 bits per heavy atom. The summed E-state index contributed by atoms with van der Waals surface area (Å²) >= 11 is 0. The summed E-state index contributed by atoms with van der Waals surface area (Å²) in [6.45, 7) is 4.37. The van der Waals surface area contributed by atoms with Crippen molar-refractivity contribution >= 4 is 17.3 Å². The van der Waals surface area contributed by atoms with Crippen LogP contribution in [0.25, 0.3) is 0 Å². The maximum absolute atomic E-state index is 12.4. The van der Waals surface area contributed by atoms with Gasteiger partial charge in [-0.15, -0.1) is 0 Å². The van der Waals surface area contributed by atoms with Crippen LogP contribution in [0.2, 0.25) is 0 Å². The second-order valence-electron chi connectivity index (χ2n) is 7.14. The number of benzene rings is 1. The summed E-state index contributed by atoms with van der Waals surface area (Å²) in [4.78, 5) is 16.7. The summed E-state index contributed by atoms with van der Waals surface area (Å²) in [5.74, 6) is 0.441. The fourth-order valence-corrected chi connectivity index (χ4v) is 3.26. The molecule has 1 aliphatic carbocycles. The van der Waals surface area contributed by atoms with E-state index in [4.69, 9.17) is 0 Å². The summed E-state index contributed by atoms with van der Waals surface area (Å²) in [6, 6.07) is 12.4. The lowest BCUT2D eigenvalue weighted by molar-refractivity contribution is 0.0922. The Hall–Kier alpha value is -2.36. The number of pyridine rings is 1. The number of rotatable bonds is 5. The Morgan fingerprint density at radius 2 is 1.76 bits per heavy atom. The van der Waals surface area contributed by atoms with Gasteiger partial charge in [-0.1, -0.05) is 45.2 Å². The highest BCUT2D eigenvalue weighted by molar-refractivity contribution is 5.93. The molecule has 0 spiro atoms. The van der Waals surface area contributed by atoms with Crippen molar-refractivity contribution in [3.63, 3.8) is 0 Å². The Labute approximate surface area is 150 Å². The molecule has 1 aromatic carbocycles. The molecular formula is C21H27N3O. The Morgan fingerprint density at radius 1 is 1.04 bits per heavy atom. The summed E-state index contributed by atoms with van der Waals surface area (Å²) in [7, 11) is 0. The van der Waals surface area contributed by atoms with Crippen LogP contribution in [-0.2, 0) is 0 Å². The third-order valence-corrected chi connectivity index (χ3v) is 4.80. The highest BCUT2D eigenvalue weighted by Gasteiger charge is 2.17. The van der Waals surface area contributed by atoms with Gasteiger partial charge in [0.2, 0.25) is 0 Å². The van der Waals surface area contributed by atoms with E-state index in [1.165, 1.54) is 24.8 Å². The zero-order valence-corrected chi connectivity index (χ0v) is 15.1.